The highest BCUT2D eigenvalue weighted by molar-refractivity contribution is 5.98. The number of anilines is 1. The van der Waals surface area contributed by atoms with Crippen molar-refractivity contribution in [2.75, 3.05) is 25.6 Å². The van der Waals surface area contributed by atoms with Gasteiger partial charge in [-0.3, -0.25) is 20.2 Å². The quantitative estimate of drug-likeness (QED) is 0.418. The molecule has 0 atom stereocenters. The molecule has 10 nitrogen and oxygen atoms in total. The number of nitro benzene ring substituents is 2. The van der Waals surface area contributed by atoms with Crippen LogP contribution in [0.1, 0.15) is 16.8 Å². The summed E-state index contributed by atoms with van der Waals surface area (Å²) in [6, 6.07) is 1.51. The molecule has 0 spiro atoms. The predicted octanol–water partition coefficient (Wildman–Crippen LogP) is 1.65. The maximum absolute atomic E-state index is 11.2. The van der Waals surface area contributed by atoms with Crippen molar-refractivity contribution in [2.24, 2.45) is 0 Å². The van der Waals surface area contributed by atoms with Crippen LogP contribution in [0.4, 0.5) is 17.1 Å². The predicted molar refractivity (Wildman–Crippen MR) is 71.7 cm³/mol. The second-order valence-electron chi connectivity index (χ2n) is 3.98. The number of carboxylic acid groups (broad SMARTS) is 1. The zero-order valence-corrected chi connectivity index (χ0v) is 11.1. The van der Waals surface area contributed by atoms with E-state index in [0.29, 0.717) is 13.0 Å². The second kappa shape index (κ2) is 7.14. The fourth-order valence-electron chi connectivity index (χ4n) is 1.65. The summed E-state index contributed by atoms with van der Waals surface area (Å²) in [7, 11) is 1.48. The first-order chi connectivity index (χ1) is 9.88. The van der Waals surface area contributed by atoms with Gasteiger partial charge in [0.25, 0.3) is 11.4 Å². The minimum atomic E-state index is -1.49. The molecule has 0 unspecified atom stereocenters. The van der Waals surface area contributed by atoms with Crippen LogP contribution < -0.4 is 5.32 Å². The fraction of sp³-hybridized carbons (Fsp3) is 0.364. The van der Waals surface area contributed by atoms with Gasteiger partial charge in [0, 0.05) is 26.3 Å². The van der Waals surface area contributed by atoms with E-state index in [2.05, 4.69) is 5.32 Å². The first-order valence-electron chi connectivity index (χ1n) is 5.81. The summed E-state index contributed by atoms with van der Waals surface area (Å²) in [6.07, 6.45) is 0.490. The number of nitro groups is 2. The molecule has 1 aromatic rings. The average Bonchev–Trinajstić information content (AvgIpc) is 2.42. The molecular weight excluding hydrogens is 286 g/mol. The first-order valence-corrected chi connectivity index (χ1v) is 5.81. The fourth-order valence-corrected chi connectivity index (χ4v) is 1.65. The zero-order chi connectivity index (χ0) is 16.0. The lowest BCUT2D eigenvalue weighted by molar-refractivity contribution is -0.393. The van der Waals surface area contributed by atoms with Crippen LogP contribution in [0, 0.1) is 20.2 Å². The van der Waals surface area contributed by atoms with Crippen LogP contribution in [0.2, 0.25) is 0 Å². The van der Waals surface area contributed by atoms with Gasteiger partial charge in [-0.25, -0.2) is 4.79 Å². The van der Waals surface area contributed by atoms with E-state index in [4.69, 9.17) is 9.84 Å². The number of ether oxygens (including phenoxy) is 1. The molecule has 21 heavy (non-hydrogen) atoms. The summed E-state index contributed by atoms with van der Waals surface area (Å²) in [5, 5.41) is 33.4. The Morgan fingerprint density at radius 3 is 2.48 bits per heavy atom. The third kappa shape index (κ3) is 4.11. The van der Waals surface area contributed by atoms with Gasteiger partial charge in [-0.05, 0) is 6.42 Å². The molecule has 0 amide bonds. The number of nitrogens with one attached hydrogen (secondary N) is 1. The maximum Gasteiger partial charge on any atom is 0.338 e. The van der Waals surface area contributed by atoms with Gasteiger partial charge < -0.3 is 15.2 Å². The van der Waals surface area contributed by atoms with Crippen molar-refractivity contribution in [3.8, 4) is 0 Å². The number of aromatic carboxylic acids is 1. The first kappa shape index (κ1) is 16.3. The summed E-state index contributed by atoms with van der Waals surface area (Å²) in [5.74, 6) is -1.49. The smallest absolute Gasteiger partial charge is 0.338 e. The Balaban J connectivity index is 3.26. The van der Waals surface area contributed by atoms with Crippen molar-refractivity contribution in [1.82, 2.24) is 0 Å². The third-order valence-electron chi connectivity index (χ3n) is 2.57. The van der Waals surface area contributed by atoms with Crippen molar-refractivity contribution >= 4 is 23.0 Å². The largest absolute Gasteiger partial charge is 0.478 e. The number of nitrogens with zero attached hydrogens (tertiary/aromatic N) is 2. The van der Waals surface area contributed by atoms with E-state index >= 15 is 0 Å². The van der Waals surface area contributed by atoms with Gasteiger partial charge >= 0.3 is 5.97 Å². The Hall–Kier alpha value is -2.75. The Morgan fingerprint density at radius 2 is 2.00 bits per heavy atom. The highest BCUT2D eigenvalue weighted by Gasteiger charge is 2.27. The van der Waals surface area contributed by atoms with Gasteiger partial charge in [0.15, 0.2) is 0 Å². The van der Waals surface area contributed by atoms with E-state index < -0.39 is 32.8 Å². The number of hydrogen-bond acceptors (Lipinski definition) is 7. The number of benzene rings is 1. The molecule has 0 radical (unpaired) electrons. The molecule has 0 aliphatic carbocycles. The molecular formula is C11H13N3O7. The van der Waals surface area contributed by atoms with Crippen LogP contribution in [0.15, 0.2) is 12.1 Å². The number of methoxy groups -OCH3 is 1. The van der Waals surface area contributed by atoms with E-state index in [1.54, 1.807) is 0 Å². The van der Waals surface area contributed by atoms with Crippen molar-refractivity contribution in [1.29, 1.82) is 0 Å². The van der Waals surface area contributed by atoms with Gasteiger partial charge in [-0.2, -0.15) is 0 Å². The van der Waals surface area contributed by atoms with Crippen LogP contribution in [0.25, 0.3) is 0 Å². The van der Waals surface area contributed by atoms with E-state index in [1.807, 2.05) is 0 Å². The zero-order valence-electron chi connectivity index (χ0n) is 11.1. The topological polar surface area (TPSA) is 145 Å². The van der Waals surface area contributed by atoms with Crippen molar-refractivity contribution in [2.45, 2.75) is 6.42 Å². The van der Waals surface area contributed by atoms with Crippen LogP contribution >= 0.6 is 0 Å². The molecule has 0 bridgehead atoms. The highest BCUT2D eigenvalue weighted by atomic mass is 16.6. The maximum atomic E-state index is 11.2. The highest BCUT2D eigenvalue weighted by Crippen LogP contribution is 2.33. The number of non-ortho nitro benzene ring substituents is 1. The molecule has 0 aliphatic heterocycles. The molecule has 0 fully saturated rings. The van der Waals surface area contributed by atoms with E-state index in [0.717, 1.165) is 12.1 Å². The van der Waals surface area contributed by atoms with Gasteiger partial charge in [0.2, 0.25) is 0 Å². The SMILES string of the molecule is COCCCNc1c(C(=O)O)cc([N+](=O)[O-])cc1[N+](=O)[O-]. The minimum Gasteiger partial charge on any atom is -0.478 e. The van der Waals surface area contributed by atoms with E-state index in [-0.39, 0.29) is 12.2 Å². The third-order valence-corrected chi connectivity index (χ3v) is 2.57. The standard InChI is InChI=1S/C11H13N3O7/c1-21-4-2-3-12-10-8(11(15)16)5-7(13(17)18)6-9(10)14(19)20/h5-6,12H,2-4H2,1H3,(H,15,16). The van der Waals surface area contributed by atoms with Crippen LogP contribution in [0.5, 0.6) is 0 Å². The Kier molecular flexibility index (Phi) is 5.55. The van der Waals surface area contributed by atoms with Crippen molar-refractivity contribution in [3.63, 3.8) is 0 Å². The molecule has 0 heterocycles. The molecule has 10 heteroatoms. The lowest BCUT2D eigenvalue weighted by Gasteiger charge is -2.10. The Morgan fingerprint density at radius 1 is 1.33 bits per heavy atom. The molecule has 0 saturated heterocycles. The monoisotopic (exact) mass is 299 g/mol. The second-order valence-corrected chi connectivity index (χ2v) is 3.98. The number of carbonyl (C=O) groups is 1. The van der Waals surface area contributed by atoms with Gasteiger partial charge in [0.1, 0.15) is 5.69 Å². The normalized spacial score (nSPS) is 10.1. The summed E-state index contributed by atoms with van der Waals surface area (Å²) < 4.78 is 4.81. The van der Waals surface area contributed by atoms with Crippen molar-refractivity contribution < 1.29 is 24.5 Å². The summed E-state index contributed by atoms with van der Waals surface area (Å²) in [5.41, 5.74) is -2.08. The van der Waals surface area contributed by atoms with Crippen LogP contribution in [-0.4, -0.2) is 41.2 Å². The summed E-state index contributed by atoms with van der Waals surface area (Å²) in [4.78, 5) is 31.1. The summed E-state index contributed by atoms with van der Waals surface area (Å²) in [6.45, 7) is 0.614. The molecule has 2 N–H and O–H groups in total. The lowest BCUT2D eigenvalue weighted by atomic mass is 10.1. The van der Waals surface area contributed by atoms with Crippen LogP contribution in [-0.2, 0) is 4.74 Å². The lowest BCUT2D eigenvalue weighted by Crippen LogP contribution is -2.12. The molecule has 0 saturated carbocycles. The molecule has 0 aromatic heterocycles. The van der Waals surface area contributed by atoms with E-state index in [9.17, 15) is 25.0 Å². The van der Waals surface area contributed by atoms with Gasteiger partial charge in [-0.15, -0.1) is 0 Å². The van der Waals surface area contributed by atoms with Crippen molar-refractivity contribution in [3.05, 3.63) is 37.9 Å². The minimum absolute atomic E-state index is 0.229. The Labute approximate surface area is 118 Å². The molecule has 1 aromatic carbocycles. The van der Waals surface area contributed by atoms with Gasteiger partial charge in [0.05, 0.1) is 21.5 Å². The number of hydrogen-bond donors (Lipinski definition) is 2. The number of carboxylic acids is 1. The number of rotatable bonds is 8. The average molecular weight is 299 g/mol. The van der Waals surface area contributed by atoms with E-state index in [1.165, 1.54) is 7.11 Å². The molecule has 0 aliphatic rings. The molecule has 1 rings (SSSR count). The summed E-state index contributed by atoms with van der Waals surface area (Å²) >= 11 is 0. The van der Waals surface area contributed by atoms with Crippen LogP contribution in [0.3, 0.4) is 0 Å². The molecule has 114 valence electrons. The Bertz CT molecular complexity index is 538. The van der Waals surface area contributed by atoms with Gasteiger partial charge in [-0.1, -0.05) is 0 Å².